The number of nitrogens with one attached hydrogen (secondary N) is 1. The SMILES string of the molecule is CC1=C(C(=O)OCCc2ccccc2)C(c2ccc(Cl)cc2Cl)CC(=O)N1. The minimum Gasteiger partial charge on any atom is -0.462 e. The number of carbonyl (C=O) groups is 2. The summed E-state index contributed by atoms with van der Waals surface area (Å²) >= 11 is 12.3. The van der Waals surface area contributed by atoms with Gasteiger partial charge in [0.05, 0.1) is 12.2 Å². The molecule has 0 bridgehead atoms. The largest absolute Gasteiger partial charge is 0.462 e. The Hall–Kier alpha value is -2.30. The second kappa shape index (κ2) is 8.59. The van der Waals surface area contributed by atoms with Gasteiger partial charge >= 0.3 is 5.97 Å². The second-order valence-corrected chi connectivity index (χ2v) is 7.22. The van der Waals surface area contributed by atoms with Gasteiger partial charge in [-0.05, 0) is 30.2 Å². The lowest BCUT2D eigenvalue weighted by atomic mass is 9.84. The van der Waals surface area contributed by atoms with Crippen molar-refractivity contribution in [2.45, 2.75) is 25.7 Å². The highest BCUT2D eigenvalue weighted by Gasteiger charge is 2.33. The van der Waals surface area contributed by atoms with Crippen LogP contribution in [-0.4, -0.2) is 18.5 Å². The number of hydrogen-bond donors (Lipinski definition) is 1. The van der Waals surface area contributed by atoms with Crippen LogP contribution < -0.4 is 5.32 Å². The summed E-state index contributed by atoms with van der Waals surface area (Å²) in [6.07, 6.45) is 0.749. The molecular weight excluding hydrogens is 385 g/mol. The number of esters is 1. The molecule has 6 heteroatoms. The van der Waals surface area contributed by atoms with E-state index in [1.807, 2.05) is 30.3 Å². The summed E-state index contributed by atoms with van der Waals surface area (Å²) in [6.45, 7) is 1.95. The van der Waals surface area contributed by atoms with Crippen molar-refractivity contribution in [3.05, 3.63) is 81.0 Å². The lowest BCUT2D eigenvalue weighted by Crippen LogP contribution is -2.34. The van der Waals surface area contributed by atoms with Crippen molar-refractivity contribution >= 4 is 35.1 Å². The Morgan fingerprint density at radius 3 is 2.63 bits per heavy atom. The molecule has 2 aromatic rings. The van der Waals surface area contributed by atoms with Crippen molar-refractivity contribution in [3.8, 4) is 0 Å². The smallest absolute Gasteiger partial charge is 0.336 e. The molecule has 0 radical (unpaired) electrons. The Balaban J connectivity index is 1.80. The molecule has 0 saturated heterocycles. The van der Waals surface area contributed by atoms with Gasteiger partial charge in [-0.2, -0.15) is 0 Å². The van der Waals surface area contributed by atoms with Gasteiger partial charge in [-0.25, -0.2) is 4.79 Å². The average Bonchev–Trinajstić information content (AvgIpc) is 2.62. The normalized spacial score (nSPS) is 16.9. The van der Waals surface area contributed by atoms with E-state index in [0.29, 0.717) is 33.3 Å². The molecule has 1 aliphatic heterocycles. The molecule has 1 N–H and O–H groups in total. The molecule has 2 aromatic carbocycles. The maximum absolute atomic E-state index is 12.8. The van der Waals surface area contributed by atoms with Crippen LogP contribution in [-0.2, 0) is 20.7 Å². The molecule has 1 heterocycles. The van der Waals surface area contributed by atoms with Crippen LogP contribution in [0.25, 0.3) is 0 Å². The first-order valence-corrected chi connectivity index (χ1v) is 9.38. The minimum atomic E-state index is -0.465. The van der Waals surface area contributed by atoms with Crippen LogP contribution in [0.2, 0.25) is 10.0 Å². The van der Waals surface area contributed by atoms with Gasteiger partial charge in [-0.1, -0.05) is 59.6 Å². The van der Waals surface area contributed by atoms with Crippen molar-refractivity contribution < 1.29 is 14.3 Å². The molecule has 0 spiro atoms. The van der Waals surface area contributed by atoms with Crippen LogP contribution in [0.15, 0.2) is 59.8 Å². The zero-order chi connectivity index (χ0) is 19.4. The van der Waals surface area contributed by atoms with E-state index in [0.717, 1.165) is 5.56 Å². The number of ether oxygens (including phenoxy) is 1. The van der Waals surface area contributed by atoms with Crippen molar-refractivity contribution in [1.29, 1.82) is 0 Å². The summed E-state index contributed by atoms with van der Waals surface area (Å²) in [5.41, 5.74) is 2.69. The van der Waals surface area contributed by atoms with E-state index in [1.54, 1.807) is 25.1 Å². The van der Waals surface area contributed by atoms with E-state index in [9.17, 15) is 9.59 Å². The van der Waals surface area contributed by atoms with Gasteiger partial charge in [0.15, 0.2) is 0 Å². The van der Waals surface area contributed by atoms with Gasteiger partial charge < -0.3 is 10.1 Å². The fraction of sp³-hybridized carbons (Fsp3) is 0.238. The standard InChI is InChI=1S/C21H19Cl2NO3/c1-13-20(21(26)27-10-9-14-5-3-2-4-6-14)17(12-19(25)24-13)16-8-7-15(22)11-18(16)23/h2-8,11,17H,9-10,12H2,1H3,(H,24,25). The maximum atomic E-state index is 12.8. The highest BCUT2D eigenvalue weighted by atomic mass is 35.5. The third kappa shape index (κ3) is 4.71. The zero-order valence-corrected chi connectivity index (χ0v) is 16.3. The molecule has 140 valence electrons. The lowest BCUT2D eigenvalue weighted by molar-refractivity contribution is -0.139. The molecule has 0 fully saturated rings. The molecule has 4 nitrogen and oxygen atoms in total. The molecule has 1 unspecified atom stereocenters. The molecule has 1 aliphatic rings. The first kappa shape index (κ1) is 19.5. The Morgan fingerprint density at radius 2 is 1.93 bits per heavy atom. The highest BCUT2D eigenvalue weighted by Crippen LogP contribution is 2.38. The molecular formula is C21H19Cl2NO3. The molecule has 3 rings (SSSR count). The van der Waals surface area contributed by atoms with Crippen molar-refractivity contribution in [2.24, 2.45) is 0 Å². The highest BCUT2D eigenvalue weighted by molar-refractivity contribution is 6.35. The third-order valence-electron chi connectivity index (χ3n) is 4.49. The van der Waals surface area contributed by atoms with Crippen molar-refractivity contribution in [2.75, 3.05) is 6.61 Å². The number of amides is 1. The minimum absolute atomic E-state index is 0.127. The van der Waals surface area contributed by atoms with Crippen LogP contribution in [0, 0.1) is 0 Å². The Morgan fingerprint density at radius 1 is 1.19 bits per heavy atom. The number of carbonyl (C=O) groups excluding carboxylic acids is 2. The van der Waals surface area contributed by atoms with Crippen LogP contribution in [0.4, 0.5) is 0 Å². The predicted molar refractivity (Wildman–Crippen MR) is 106 cm³/mol. The number of hydrogen-bond acceptors (Lipinski definition) is 3. The van der Waals surface area contributed by atoms with Gasteiger partial charge in [-0.15, -0.1) is 0 Å². The van der Waals surface area contributed by atoms with E-state index in [2.05, 4.69) is 5.32 Å². The van der Waals surface area contributed by atoms with Crippen LogP contribution in [0.3, 0.4) is 0 Å². The molecule has 1 amide bonds. The Kier molecular flexibility index (Phi) is 6.19. The maximum Gasteiger partial charge on any atom is 0.336 e. The monoisotopic (exact) mass is 403 g/mol. The van der Waals surface area contributed by atoms with Crippen molar-refractivity contribution in [3.63, 3.8) is 0 Å². The third-order valence-corrected chi connectivity index (χ3v) is 5.06. The van der Waals surface area contributed by atoms with Gasteiger partial charge in [0.1, 0.15) is 0 Å². The topological polar surface area (TPSA) is 55.4 Å². The van der Waals surface area contributed by atoms with E-state index >= 15 is 0 Å². The molecule has 0 aromatic heterocycles. The second-order valence-electron chi connectivity index (χ2n) is 6.38. The summed E-state index contributed by atoms with van der Waals surface area (Å²) in [6, 6.07) is 14.8. The van der Waals surface area contributed by atoms with Gasteiger partial charge in [0, 0.05) is 34.5 Å². The van der Waals surface area contributed by atoms with E-state index in [4.69, 9.17) is 27.9 Å². The average molecular weight is 404 g/mol. The fourth-order valence-electron chi connectivity index (χ4n) is 3.21. The Labute approximate surface area is 168 Å². The number of halogens is 2. The van der Waals surface area contributed by atoms with Gasteiger partial charge in [-0.3, -0.25) is 4.79 Å². The number of benzene rings is 2. The fourth-order valence-corrected chi connectivity index (χ4v) is 3.75. The molecule has 0 saturated carbocycles. The van der Waals surface area contributed by atoms with E-state index < -0.39 is 11.9 Å². The van der Waals surface area contributed by atoms with Crippen LogP contribution >= 0.6 is 23.2 Å². The number of rotatable bonds is 5. The summed E-state index contributed by atoms with van der Waals surface area (Å²) in [5, 5.41) is 3.64. The first-order valence-electron chi connectivity index (χ1n) is 8.62. The zero-order valence-electron chi connectivity index (χ0n) is 14.8. The van der Waals surface area contributed by atoms with E-state index in [1.165, 1.54) is 0 Å². The summed E-state index contributed by atoms with van der Waals surface area (Å²) < 4.78 is 5.49. The first-order chi connectivity index (χ1) is 13.0. The van der Waals surface area contributed by atoms with Gasteiger partial charge in [0.25, 0.3) is 0 Å². The predicted octanol–water partition coefficient (Wildman–Crippen LogP) is 4.66. The van der Waals surface area contributed by atoms with Gasteiger partial charge in [0.2, 0.25) is 5.91 Å². The quantitative estimate of drug-likeness (QED) is 0.738. The summed E-state index contributed by atoms with van der Waals surface area (Å²) in [7, 11) is 0. The number of allylic oxidation sites excluding steroid dienone is 1. The molecule has 27 heavy (non-hydrogen) atoms. The summed E-state index contributed by atoms with van der Waals surface area (Å²) in [5.74, 6) is -1.07. The molecule has 1 atom stereocenters. The lowest BCUT2D eigenvalue weighted by Gasteiger charge is -2.27. The molecule has 0 aliphatic carbocycles. The van der Waals surface area contributed by atoms with Crippen LogP contribution in [0.1, 0.15) is 30.4 Å². The van der Waals surface area contributed by atoms with Crippen molar-refractivity contribution in [1.82, 2.24) is 5.32 Å². The van der Waals surface area contributed by atoms with Crippen LogP contribution in [0.5, 0.6) is 0 Å². The Bertz CT molecular complexity index is 894. The van der Waals surface area contributed by atoms with E-state index in [-0.39, 0.29) is 18.9 Å². The summed E-state index contributed by atoms with van der Waals surface area (Å²) in [4.78, 5) is 24.8.